The van der Waals surface area contributed by atoms with Gasteiger partial charge in [-0.05, 0) is 31.9 Å². The normalized spacial score (nSPS) is 20.7. The highest BCUT2D eigenvalue weighted by Gasteiger charge is 2.43. The summed E-state index contributed by atoms with van der Waals surface area (Å²) < 4.78 is 10.6. The molecule has 1 fully saturated rings. The summed E-state index contributed by atoms with van der Waals surface area (Å²) in [4.78, 5) is 25.6. The third-order valence-electron chi connectivity index (χ3n) is 4.37. The number of ether oxygens (including phenoxy) is 2. The fraction of sp³-hybridized carbons (Fsp3) is 0.529. The van der Waals surface area contributed by atoms with Crippen molar-refractivity contribution in [3.05, 3.63) is 28.8 Å². The summed E-state index contributed by atoms with van der Waals surface area (Å²) in [5.74, 6) is -0.626. The van der Waals surface area contributed by atoms with Crippen LogP contribution >= 0.6 is 11.6 Å². The van der Waals surface area contributed by atoms with E-state index in [-0.39, 0.29) is 25.7 Å². The molecule has 132 valence electrons. The number of aliphatic carboxylic acids is 1. The van der Waals surface area contributed by atoms with Crippen molar-refractivity contribution < 1.29 is 24.2 Å². The first kappa shape index (κ1) is 18.5. The number of piperidine rings is 1. The standard InChI is InChI=1S/C17H22ClNO5/c1-12-13(18)5-3-6-14(12)24-9-15(20)19-8-4-7-17(10-19,11-23-2)16(21)22/h3,5-6H,4,7-11H2,1-2H3,(H,21,22). The van der Waals surface area contributed by atoms with E-state index in [1.165, 1.54) is 12.0 Å². The lowest BCUT2D eigenvalue weighted by molar-refractivity contribution is -0.159. The number of hydrogen-bond donors (Lipinski definition) is 1. The van der Waals surface area contributed by atoms with E-state index in [2.05, 4.69) is 0 Å². The maximum Gasteiger partial charge on any atom is 0.313 e. The summed E-state index contributed by atoms with van der Waals surface area (Å²) in [5, 5.41) is 10.1. The Bertz CT molecular complexity index is 617. The maximum atomic E-state index is 12.4. The molecule has 7 heteroatoms. The highest BCUT2D eigenvalue weighted by Crippen LogP contribution is 2.31. The Morgan fingerprint density at radius 3 is 2.83 bits per heavy atom. The molecule has 1 aromatic carbocycles. The summed E-state index contributed by atoms with van der Waals surface area (Å²) in [6, 6.07) is 5.25. The monoisotopic (exact) mass is 355 g/mol. The Hall–Kier alpha value is -1.79. The van der Waals surface area contributed by atoms with Crippen LogP contribution in [0.2, 0.25) is 5.02 Å². The molecule has 0 radical (unpaired) electrons. The molecular weight excluding hydrogens is 334 g/mol. The van der Waals surface area contributed by atoms with Gasteiger partial charge in [0.15, 0.2) is 6.61 Å². The van der Waals surface area contributed by atoms with Crippen LogP contribution in [0.1, 0.15) is 18.4 Å². The van der Waals surface area contributed by atoms with Gasteiger partial charge in [0.25, 0.3) is 5.91 Å². The van der Waals surface area contributed by atoms with Gasteiger partial charge in [-0.3, -0.25) is 9.59 Å². The summed E-state index contributed by atoms with van der Waals surface area (Å²) in [6.45, 7) is 2.41. The molecule has 1 aliphatic heterocycles. The van der Waals surface area contributed by atoms with Gasteiger partial charge in [0.2, 0.25) is 0 Å². The zero-order valence-electron chi connectivity index (χ0n) is 13.9. The molecule has 1 atom stereocenters. The molecule has 1 aliphatic rings. The van der Waals surface area contributed by atoms with Crippen molar-refractivity contribution in [1.29, 1.82) is 0 Å². The van der Waals surface area contributed by atoms with Gasteiger partial charge in [0.05, 0.1) is 6.61 Å². The van der Waals surface area contributed by atoms with Crippen molar-refractivity contribution in [3.8, 4) is 5.75 Å². The van der Waals surface area contributed by atoms with Gasteiger partial charge in [0, 0.05) is 30.8 Å². The molecule has 1 amide bonds. The second-order valence-corrected chi connectivity index (χ2v) is 6.50. The number of likely N-dealkylation sites (tertiary alicyclic amines) is 1. The van der Waals surface area contributed by atoms with E-state index in [1.807, 2.05) is 6.92 Å². The van der Waals surface area contributed by atoms with Gasteiger partial charge >= 0.3 is 5.97 Å². The van der Waals surface area contributed by atoms with Crippen LogP contribution in [0.5, 0.6) is 5.75 Å². The quantitative estimate of drug-likeness (QED) is 0.847. The zero-order chi connectivity index (χ0) is 17.7. The Balaban J connectivity index is 2.01. The number of carbonyl (C=O) groups excluding carboxylic acids is 1. The summed E-state index contributed by atoms with van der Waals surface area (Å²) in [6.07, 6.45) is 1.12. The third kappa shape index (κ3) is 3.99. The molecule has 1 heterocycles. The second kappa shape index (κ2) is 7.85. The van der Waals surface area contributed by atoms with Gasteiger partial charge < -0.3 is 19.5 Å². The third-order valence-corrected chi connectivity index (χ3v) is 4.78. The molecular formula is C17H22ClNO5. The summed E-state index contributed by atoms with van der Waals surface area (Å²) >= 11 is 6.03. The van der Waals surface area contributed by atoms with Crippen molar-refractivity contribution in [2.24, 2.45) is 5.41 Å². The predicted molar refractivity (Wildman–Crippen MR) is 89.4 cm³/mol. The van der Waals surface area contributed by atoms with Crippen molar-refractivity contribution in [1.82, 2.24) is 4.90 Å². The molecule has 1 aromatic rings. The van der Waals surface area contributed by atoms with Crippen molar-refractivity contribution in [2.75, 3.05) is 33.4 Å². The molecule has 1 saturated heterocycles. The summed E-state index contributed by atoms with van der Waals surface area (Å²) in [5.41, 5.74) is -0.279. The number of carbonyl (C=O) groups is 2. The molecule has 0 spiro atoms. The highest BCUT2D eigenvalue weighted by molar-refractivity contribution is 6.31. The average molecular weight is 356 g/mol. The van der Waals surface area contributed by atoms with Gasteiger partial charge in [-0.1, -0.05) is 17.7 Å². The lowest BCUT2D eigenvalue weighted by Gasteiger charge is -2.39. The second-order valence-electron chi connectivity index (χ2n) is 6.09. The van der Waals surface area contributed by atoms with Crippen LogP contribution in [0.4, 0.5) is 0 Å². The number of hydrogen-bond acceptors (Lipinski definition) is 4. The van der Waals surface area contributed by atoms with Crippen LogP contribution in [0, 0.1) is 12.3 Å². The molecule has 24 heavy (non-hydrogen) atoms. The van der Waals surface area contributed by atoms with Gasteiger partial charge in [-0.2, -0.15) is 0 Å². The smallest absolute Gasteiger partial charge is 0.313 e. The molecule has 0 aromatic heterocycles. The Kier molecular flexibility index (Phi) is 6.07. The molecule has 1 unspecified atom stereocenters. The van der Waals surface area contributed by atoms with Crippen molar-refractivity contribution in [2.45, 2.75) is 19.8 Å². The van der Waals surface area contributed by atoms with Crippen molar-refractivity contribution >= 4 is 23.5 Å². The van der Waals surface area contributed by atoms with E-state index in [1.54, 1.807) is 18.2 Å². The number of benzene rings is 1. The van der Waals surface area contributed by atoms with E-state index in [9.17, 15) is 14.7 Å². The molecule has 6 nitrogen and oxygen atoms in total. The van der Waals surface area contributed by atoms with Crippen LogP contribution in [0.15, 0.2) is 18.2 Å². The number of halogens is 1. The minimum atomic E-state index is -1.05. The Morgan fingerprint density at radius 2 is 2.17 bits per heavy atom. The zero-order valence-corrected chi connectivity index (χ0v) is 14.6. The molecule has 0 saturated carbocycles. The fourth-order valence-electron chi connectivity index (χ4n) is 2.95. The highest BCUT2D eigenvalue weighted by atomic mass is 35.5. The number of carboxylic acid groups (broad SMARTS) is 1. The number of methoxy groups -OCH3 is 1. The SMILES string of the molecule is COCC1(C(=O)O)CCCN(C(=O)COc2cccc(Cl)c2C)C1. The van der Waals surface area contributed by atoms with Gasteiger partial charge in [-0.15, -0.1) is 0 Å². The first-order valence-electron chi connectivity index (χ1n) is 7.77. The van der Waals surface area contributed by atoms with E-state index in [0.29, 0.717) is 30.2 Å². The molecule has 0 bridgehead atoms. The maximum absolute atomic E-state index is 12.4. The van der Waals surface area contributed by atoms with Crippen LogP contribution in [0.3, 0.4) is 0 Å². The van der Waals surface area contributed by atoms with Crippen molar-refractivity contribution in [3.63, 3.8) is 0 Å². The van der Waals surface area contributed by atoms with Crippen LogP contribution in [-0.4, -0.2) is 55.3 Å². The average Bonchev–Trinajstić information content (AvgIpc) is 2.56. The molecule has 2 rings (SSSR count). The minimum Gasteiger partial charge on any atom is -0.483 e. The number of amides is 1. The fourth-order valence-corrected chi connectivity index (χ4v) is 3.12. The number of carboxylic acids is 1. The lowest BCUT2D eigenvalue weighted by Crippen LogP contribution is -2.53. The van der Waals surface area contributed by atoms with Gasteiger partial charge in [0.1, 0.15) is 11.2 Å². The Labute approximate surface area is 146 Å². The number of nitrogens with zero attached hydrogens (tertiary/aromatic N) is 1. The minimum absolute atomic E-state index is 0.0837. The first-order valence-corrected chi connectivity index (χ1v) is 8.15. The largest absolute Gasteiger partial charge is 0.483 e. The van der Waals surface area contributed by atoms with E-state index in [4.69, 9.17) is 21.1 Å². The van der Waals surface area contributed by atoms with Crippen LogP contribution in [-0.2, 0) is 14.3 Å². The molecule has 1 N–H and O–H groups in total. The summed E-state index contributed by atoms with van der Waals surface area (Å²) in [7, 11) is 1.47. The lowest BCUT2D eigenvalue weighted by atomic mass is 9.80. The van der Waals surface area contributed by atoms with Crippen LogP contribution in [0.25, 0.3) is 0 Å². The van der Waals surface area contributed by atoms with E-state index < -0.39 is 11.4 Å². The van der Waals surface area contributed by atoms with E-state index in [0.717, 1.165) is 5.56 Å². The number of rotatable bonds is 6. The predicted octanol–water partition coefficient (Wildman–Crippen LogP) is 2.37. The Morgan fingerprint density at radius 1 is 1.42 bits per heavy atom. The topological polar surface area (TPSA) is 76.1 Å². The van der Waals surface area contributed by atoms with Crippen LogP contribution < -0.4 is 4.74 Å². The molecule has 0 aliphatic carbocycles. The van der Waals surface area contributed by atoms with E-state index >= 15 is 0 Å². The first-order chi connectivity index (χ1) is 11.4. The van der Waals surface area contributed by atoms with Gasteiger partial charge in [-0.25, -0.2) is 0 Å².